The molecule has 30 heavy (non-hydrogen) atoms. The largest absolute Gasteiger partial charge is 0.481 e. The third-order valence-electron chi connectivity index (χ3n) is 5.33. The second kappa shape index (κ2) is 9.41. The van der Waals surface area contributed by atoms with Crippen LogP contribution in [0.3, 0.4) is 0 Å². The molecule has 0 saturated heterocycles. The highest BCUT2D eigenvalue weighted by Gasteiger charge is 2.22. The Bertz CT molecular complexity index is 1010. The molecule has 0 bridgehead atoms. The minimum absolute atomic E-state index is 0.0140. The van der Waals surface area contributed by atoms with Crippen molar-refractivity contribution >= 4 is 16.9 Å². The molecule has 0 spiro atoms. The first-order valence-corrected chi connectivity index (χ1v) is 10.2. The summed E-state index contributed by atoms with van der Waals surface area (Å²) in [7, 11) is 0. The van der Waals surface area contributed by atoms with E-state index in [1.54, 1.807) is 12.1 Å². The van der Waals surface area contributed by atoms with Gasteiger partial charge in [0.15, 0.2) is 0 Å². The molecule has 0 aliphatic carbocycles. The molecule has 0 aliphatic rings. The monoisotopic (exact) mass is 413 g/mol. The molecule has 6 heteroatoms. The smallest absolute Gasteiger partial charge is 0.305 e. The van der Waals surface area contributed by atoms with Crippen LogP contribution in [0.25, 0.3) is 22.0 Å². The van der Waals surface area contributed by atoms with Crippen molar-refractivity contribution in [2.24, 2.45) is 0 Å². The van der Waals surface area contributed by atoms with Crippen molar-refractivity contribution < 1.29 is 24.5 Å². The number of aromatic nitrogens is 1. The number of carboxylic acids is 1. The Morgan fingerprint density at radius 3 is 2.33 bits per heavy atom. The van der Waals surface area contributed by atoms with E-state index in [2.05, 4.69) is 24.5 Å². The van der Waals surface area contributed by atoms with Crippen LogP contribution in [0.4, 0.5) is 4.39 Å². The number of hydrogen-bond acceptors (Lipinski definition) is 3. The quantitative estimate of drug-likeness (QED) is 0.481. The molecule has 5 nitrogen and oxygen atoms in total. The van der Waals surface area contributed by atoms with E-state index in [-0.39, 0.29) is 24.7 Å². The fourth-order valence-corrected chi connectivity index (χ4v) is 4.11. The fourth-order valence-electron chi connectivity index (χ4n) is 4.11. The number of carbonyl (C=O) groups is 1. The zero-order valence-electron chi connectivity index (χ0n) is 17.3. The van der Waals surface area contributed by atoms with E-state index in [9.17, 15) is 19.4 Å². The number of rotatable bonds is 9. The van der Waals surface area contributed by atoms with Crippen LogP contribution < -0.4 is 0 Å². The lowest BCUT2D eigenvalue weighted by Crippen LogP contribution is -2.21. The Balaban J connectivity index is 1.98. The van der Waals surface area contributed by atoms with Crippen LogP contribution in [0.15, 0.2) is 48.5 Å². The number of benzene rings is 2. The highest BCUT2D eigenvalue weighted by atomic mass is 19.1. The summed E-state index contributed by atoms with van der Waals surface area (Å²) < 4.78 is 15.7. The number of para-hydroxylation sites is 1. The Hall–Kier alpha value is -2.70. The molecular weight excluding hydrogens is 385 g/mol. The van der Waals surface area contributed by atoms with E-state index >= 15 is 0 Å². The van der Waals surface area contributed by atoms with Crippen molar-refractivity contribution in [2.75, 3.05) is 0 Å². The molecule has 3 aromatic rings. The average Bonchev–Trinajstić information content (AvgIpc) is 3.00. The number of aliphatic hydroxyl groups excluding tert-OH is 2. The van der Waals surface area contributed by atoms with Gasteiger partial charge in [-0.15, -0.1) is 0 Å². The van der Waals surface area contributed by atoms with E-state index in [1.165, 1.54) is 12.1 Å². The summed E-state index contributed by atoms with van der Waals surface area (Å²) in [5.74, 6) is -1.39. The molecule has 3 rings (SSSR count). The third kappa shape index (κ3) is 4.89. The van der Waals surface area contributed by atoms with Crippen LogP contribution >= 0.6 is 0 Å². The van der Waals surface area contributed by atoms with Gasteiger partial charge in [0.05, 0.1) is 18.6 Å². The molecule has 0 saturated carbocycles. The van der Waals surface area contributed by atoms with E-state index in [0.29, 0.717) is 12.8 Å². The highest BCUT2D eigenvalue weighted by molar-refractivity contribution is 5.98. The van der Waals surface area contributed by atoms with Gasteiger partial charge >= 0.3 is 5.97 Å². The summed E-state index contributed by atoms with van der Waals surface area (Å²) >= 11 is 0. The molecular formula is C24H28FNO4. The van der Waals surface area contributed by atoms with Crippen LogP contribution in [0.1, 0.15) is 44.8 Å². The van der Waals surface area contributed by atoms with Gasteiger partial charge in [-0.3, -0.25) is 4.79 Å². The standard InChI is InChI=1S/C24H28FNO4/c1-15(2)26-21-6-4-3-5-20(21)24(16-7-9-17(25)10-8-16)22(26)12-11-18(27)13-19(28)14-23(29)30/h3-10,15,18-19,27-28H,11-14H2,1-2H3,(H,29,30)/t18-,19-/m1/s1. The Kier molecular flexibility index (Phi) is 6.90. The highest BCUT2D eigenvalue weighted by Crippen LogP contribution is 2.38. The number of hydrogen-bond donors (Lipinski definition) is 3. The molecule has 3 N–H and O–H groups in total. The molecule has 2 atom stereocenters. The fraction of sp³-hybridized carbons (Fsp3) is 0.375. The zero-order valence-corrected chi connectivity index (χ0v) is 17.3. The molecule has 1 aromatic heterocycles. The van der Waals surface area contributed by atoms with Gasteiger partial charge in [-0.25, -0.2) is 4.39 Å². The van der Waals surface area contributed by atoms with Gasteiger partial charge in [-0.1, -0.05) is 30.3 Å². The van der Waals surface area contributed by atoms with Gasteiger partial charge in [0.25, 0.3) is 0 Å². The van der Waals surface area contributed by atoms with Gasteiger partial charge in [0, 0.05) is 28.2 Å². The third-order valence-corrected chi connectivity index (χ3v) is 5.33. The molecule has 2 aromatic carbocycles. The van der Waals surface area contributed by atoms with Gasteiger partial charge in [-0.2, -0.15) is 0 Å². The number of fused-ring (bicyclic) bond motifs is 1. The summed E-state index contributed by atoms with van der Waals surface area (Å²) in [6.07, 6.45) is -1.34. The van der Waals surface area contributed by atoms with E-state index < -0.39 is 18.2 Å². The second-order valence-corrected chi connectivity index (χ2v) is 7.99. The maximum absolute atomic E-state index is 13.5. The van der Waals surface area contributed by atoms with Crippen LogP contribution in [-0.4, -0.2) is 38.1 Å². The maximum atomic E-state index is 13.5. The molecule has 0 aliphatic heterocycles. The number of aliphatic hydroxyl groups is 2. The number of halogens is 1. The van der Waals surface area contributed by atoms with Crippen molar-refractivity contribution in [2.45, 2.75) is 57.8 Å². The van der Waals surface area contributed by atoms with Crippen molar-refractivity contribution in [3.8, 4) is 11.1 Å². The zero-order chi connectivity index (χ0) is 21.8. The Labute approximate surface area is 175 Å². The molecule has 1 heterocycles. The molecule has 0 amide bonds. The van der Waals surface area contributed by atoms with E-state index in [0.717, 1.165) is 27.7 Å². The molecule has 160 valence electrons. The van der Waals surface area contributed by atoms with Crippen LogP contribution in [-0.2, 0) is 11.2 Å². The van der Waals surface area contributed by atoms with Gasteiger partial charge in [-0.05, 0) is 56.9 Å². The number of carboxylic acid groups (broad SMARTS) is 1. The SMILES string of the molecule is CC(C)n1c(CC[C@@H](O)C[C@@H](O)CC(=O)O)c(-c2ccc(F)cc2)c2ccccc21. The summed E-state index contributed by atoms with van der Waals surface area (Å²) in [6.45, 7) is 4.19. The van der Waals surface area contributed by atoms with E-state index in [1.807, 2.05) is 18.2 Å². The first kappa shape index (κ1) is 22.0. The summed E-state index contributed by atoms with van der Waals surface area (Å²) in [4.78, 5) is 10.7. The normalized spacial score (nSPS) is 13.7. The van der Waals surface area contributed by atoms with Crippen LogP contribution in [0.2, 0.25) is 0 Å². The molecule has 0 fully saturated rings. The van der Waals surface area contributed by atoms with E-state index in [4.69, 9.17) is 5.11 Å². The van der Waals surface area contributed by atoms with Crippen molar-refractivity contribution in [3.05, 3.63) is 60.0 Å². The van der Waals surface area contributed by atoms with Crippen LogP contribution in [0, 0.1) is 5.82 Å². The second-order valence-electron chi connectivity index (χ2n) is 7.99. The Morgan fingerprint density at radius 2 is 1.70 bits per heavy atom. The predicted molar refractivity (Wildman–Crippen MR) is 115 cm³/mol. The van der Waals surface area contributed by atoms with Crippen LogP contribution in [0.5, 0.6) is 0 Å². The topological polar surface area (TPSA) is 82.7 Å². The maximum Gasteiger partial charge on any atom is 0.305 e. The summed E-state index contributed by atoms with van der Waals surface area (Å²) in [5.41, 5.74) is 4.02. The van der Waals surface area contributed by atoms with Crippen molar-refractivity contribution in [1.82, 2.24) is 4.57 Å². The minimum atomic E-state index is -1.09. The molecule has 0 unspecified atom stereocenters. The molecule has 0 radical (unpaired) electrons. The van der Waals surface area contributed by atoms with Crippen molar-refractivity contribution in [1.29, 1.82) is 0 Å². The minimum Gasteiger partial charge on any atom is -0.481 e. The predicted octanol–water partition coefficient (Wildman–Crippen LogP) is 4.55. The summed E-state index contributed by atoms with van der Waals surface area (Å²) in [5, 5.41) is 30.1. The first-order valence-electron chi connectivity index (χ1n) is 10.2. The average molecular weight is 413 g/mol. The van der Waals surface area contributed by atoms with Gasteiger partial charge in [0.1, 0.15) is 5.82 Å². The lowest BCUT2D eigenvalue weighted by molar-refractivity contribution is -0.139. The van der Waals surface area contributed by atoms with Crippen molar-refractivity contribution in [3.63, 3.8) is 0 Å². The lowest BCUT2D eigenvalue weighted by atomic mass is 9.97. The lowest BCUT2D eigenvalue weighted by Gasteiger charge is -2.19. The Morgan fingerprint density at radius 1 is 1.03 bits per heavy atom. The van der Waals surface area contributed by atoms with Gasteiger partial charge in [0.2, 0.25) is 0 Å². The number of aliphatic carboxylic acids is 1. The number of nitrogens with zero attached hydrogens (tertiary/aromatic N) is 1. The van der Waals surface area contributed by atoms with Gasteiger partial charge < -0.3 is 19.9 Å². The summed E-state index contributed by atoms with van der Waals surface area (Å²) in [6, 6.07) is 14.6. The first-order chi connectivity index (χ1) is 14.3.